The number of rotatable bonds is 4. The van der Waals surface area contributed by atoms with Crippen LogP contribution in [0.25, 0.3) is 0 Å². The Kier molecular flexibility index (Phi) is 4.81. The van der Waals surface area contributed by atoms with Crippen LogP contribution in [0.4, 0.5) is 13.2 Å². The highest BCUT2D eigenvalue weighted by atomic mass is 19.4. The van der Waals surface area contributed by atoms with E-state index in [9.17, 15) is 18.0 Å². The number of carbonyl (C=O) groups excluding carboxylic acids is 1. The Morgan fingerprint density at radius 3 is 2.25 bits per heavy atom. The molecule has 3 nitrogen and oxygen atoms in total. The highest BCUT2D eigenvalue weighted by Gasteiger charge is 2.33. The molecule has 20 heavy (non-hydrogen) atoms. The van der Waals surface area contributed by atoms with Gasteiger partial charge in [0.15, 0.2) is 5.78 Å². The molecule has 0 saturated carbocycles. The Labute approximate surface area is 115 Å². The zero-order chi connectivity index (χ0) is 15.6. The van der Waals surface area contributed by atoms with Crippen molar-refractivity contribution in [1.82, 2.24) is 0 Å². The molecule has 0 radical (unpaired) electrons. The number of hydrogen-bond donors (Lipinski definition) is 0. The van der Waals surface area contributed by atoms with Crippen molar-refractivity contribution >= 4 is 5.78 Å². The van der Waals surface area contributed by atoms with E-state index in [0.29, 0.717) is 0 Å². The van der Waals surface area contributed by atoms with Gasteiger partial charge in [-0.25, -0.2) is 0 Å². The fourth-order valence-electron chi connectivity index (χ4n) is 1.85. The summed E-state index contributed by atoms with van der Waals surface area (Å²) in [7, 11) is 1.39. The molecular weight excluding hydrogens is 273 g/mol. The zero-order valence-electron chi connectivity index (χ0n) is 11.7. The van der Waals surface area contributed by atoms with Gasteiger partial charge < -0.3 is 9.47 Å². The molecule has 1 unspecified atom stereocenters. The molecule has 0 aliphatic heterocycles. The second kappa shape index (κ2) is 5.83. The second-order valence-electron chi connectivity index (χ2n) is 5.42. The van der Waals surface area contributed by atoms with Crippen molar-refractivity contribution in [1.29, 1.82) is 0 Å². The maximum atomic E-state index is 12.3. The summed E-state index contributed by atoms with van der Waals surface area (Å²) in [5.41, 5.74) is -0.347. The lowest BCUT2D eigenvalue weighted by atomic mass is 9.84. The van der Waals surface area contributed by atoms with E-state index in [1.54, 1.807) is 0 Å². The lowest BCUT2D eigenvalue weighted by Crippen LogP contribution is -2.36. The maximum absolute atomic E-state index is 12.3. The number of hydrogen-bond acceptors (Lipinski definition) is 3. The van der Waals surface area contributed by atoms with Gasteiger partial charge in [0.25, 0.3) is 0 Å². The molecule has 1 atom stereocenters. The monoisotopic (exact) mass is 290 g/mol. The molecule has 0 heterocycles. The molecule has 112 valence electrons. The first-order chi connectivity index (χ1) is 9.04. The average Bonchev–Trinajstić information content (AvgIpc) is 2.25. The first-order valence-corrected chi connectivity index (χ1v) is 5.97. The summed E-state index contributed by atoms with van der Waals surface area (Å²) in [6.45, 7) is 5.44. The fraction of sp³-hybridized carbons (Fsp3) is 0.500. The molecule has 1 rings (SSSR count). The largest absolute Gasteiger partial charge is 0.573 e. The van der Waals surface area contributed by atoms with Crippen LogP contribution in [-0.4, -0.2) is 25.4 Å². The molecule has 6 heteroatoms. The molecule has 0 aromatic heterocycles. The summed E-state index contributed by atoms with van der Waals surface area (Å²) in [6.07, 6.45) is -5.53. The van der Waals surface area contributed by atoms with E-state index >= 15 is 0 Å². The summed E-state index contributed by atoms with van der Waals surface area (Å²) in [6, 6.07) is 4.98. The van der Waals surface area contributed by atoms with Gasteiger partial charge in [-0.2, -0.15) is 0 Å². The van der Waals surface area contributed by atoms with E-state index in [1.807, 2.05) is 20.8 Å². The van der Waals surface area contributed by atoms with Crippen molar-refractivity contribution in [3.63, 3.8) is 0 Å². The molecule has 0 fully saturated rings. The third kappa shape index (κ3) is 4.52. The summed E-state index contributed by atoms with van der Waals surface area (Å²) >= 11 is 0. The van der Waals surface area contributed by atoms with Crippen LogP contribution >= 0.6 is 0 Å². The highest BCUT2D eigenvalue weighted by Crippen LogP contribution is 2.28. The van der Waals surface area contributed by atoms with Crippen LogP contribution in [0.15, 0.2) is 24.3 Å². The van der Waals surface area contributed by atoms with E-state index in [2.05, 4.69) is 4.74 Å². The maximum Gasteiger partial charge on any atom is 0.573 e. The Balaban J connectivity index is 3.02. The van der Waals surface area contributed by atoms with Gasteiger partial charge in [0.1, 0.15) is 11.9 Å². The van der Waals surface area contributed by atoms with Crippen LogP contribution in [0.1, 0.15) is 31.1 Å². The number of ether oxygens (including phenoxy) is 2. The third-order valence-electron chi connectivity index (χ3n) is 2.61. The molecule has 0 spiro atoms. The van der Waals surface area contributed by atoms with Crippen LogP contribution in [0.2, 0.25) is 0 Å². The van der Waals surface area contributed by atoms with Gasteiger partial charge in [-0.1, -0.05) is 32.9 Å². The Hall–Kier alpha value is -1.56. The Bertz CT molecular complexity index is 475. The van der Waals surface area contributed by atoms with Gasteiger partial charge in [-0.15, -0.1) is 13.2 Å². The molecule has 0 aliphatic carbocycles. The average molecular weight is 290 g/mol. The molecule has 0 aliphatic rings. The topological polar surface area (TPSA) is 35.5 Å². The van der Waals surface area contributed by atoms with Crippen molar-refractivity contribution < 1.29 is 27.4 Å². The molecule has 0 bridgehead atoms. The number of alkyl halides is 3. The number of carbonyl (C=O) groups is 1. The van der Waals surface area contributed by atoms with Gasteiger partial charge >= 0.3 is 6.36 Å². The predicted octanol–water partition coefficient (Wildman–Crippen LogP) is 3.83. The summed E-state index contributed by atoms with van der Waals surface area (Å²) in [5.74, 6) is -0.806. The van der Waals surface area contributed by atoms with Crippen molar-refractivity contribution in [3.05, 3.63) is 29.8 Å². The summed E-state index contributed by atoms with van der Waals surface area (Å²) in [4.78, 5) is 12.3. The van der Waals surface area contributed by atoms with E-state index in [1.165, 1.54) is 19.2 Å². The summed E-state index contributed by atoms with van der Waals surface area (Å²) < 4.78 is 45.4. The molecular formula is C14H17F3O3. The number of Topliss-reactive ketones (excluding diaryl/α,β-unsaturated/α-hetero) is 1. The van der Waals surface area contributed by atoms with Crippen molar-refractivity contribution in [2.75, 3.05) is 7.11 Å². The molecule has 1 aromatic carbocycles. The van der Waals surface area contributed by atoms with Crippen molar-refractivity contribution in [2.45, 2.75) is 33.2 Å². The van der Waals surface area contributed by atoms with Crippen LogP contribution in [0, 0.1) is 5.41 Å². The SMILES string of the molecule is COC(C(=O)c1cccc(OC(F)(F)F)c1)C(C)(C)C. The summed E-state index contributed by atoms with van der Waals surface area (Å²) in [5, 5.41) is 0. The number of ketones is 1. The minimum atomic E-state index is -4.79. The Morgan fingerprint density at radius 2 is 1.80 bits per heavy atom. The van der Waals surface area contributed by atoms with Crippen LogP contribution < -0.4 is 4.74 Å². The van der Waals surface area contributed by atoms with Gasteiger partial charge in [0.05, 0.1) is 0 Å². The van der Waals surface area contributed by atoms with Crippen LogP contribution in [-0.2, 0) is 4.74 Å². The van der Waals surface area contributed by atoms with E-state index < -0.39 is 23.6 Å². The lowest BCUT2D eigenvalue weighted by Gasteiger charge is -2.28. The van der Waals surface area contributed by atoms with Gasteiger partial charge in [-0.3, -0.25) is 4.79 Å². The van der Waals surface area contributed by atoms with E-state index in [4.69, 9.17) is 4.74 Å². The molecule has 0 saturated heterocycles. The fourth-order valence-corrected chi connectivity index (χ4v) is 1.85. The van der Waals surface area contributed by atoms with Crippen molar-refractivity contribution in [3.8, 4) is 5.75 Å². The van der Waals surface area contributed by atoms with Gasteiger partial charge in [-0.05, 0) is 17.5 Å². The molecule has 0 amide bonds. The van der Waals surface area contributed by atoms with E-state index in [0.717, 1.165) is 12.1 Å². The predicted molar refractivity (Wildman–Crippen MR) is 67.7 cm³/mol. The Morgan fingerprint density at radius 1 is 1.20 bits per heavy atom. The minimum absolute atomic E-state index is 0.119. The van der Waals surface area contributed by atoms with Crippen LogP contribution in [0.3, 0.4) is 0 Å². The minimum Gasteiger partial charge on any atom is -0.406 e. The molecule has 1 aromatic rings. The first-order valence-electron chi connectivity index (χ1n) is 5.97. The highest BCUT2D eigenvalue weighted by molar-refractivity contribution is 6.00. The third-order valence-corrected chi connectivity index (χ3v) is 2.61. The van der Waals surface area contributed by atoms with Gasteiger partial charge in [0, 0.05) is 12.7 Å². The zero-order valence-corrected chi connectivity index (χ0v) is 11.7. The van der Waals surface area contributed by atoms with Gasteiger partial charge in [0.2, 0.25) is 0 Å². The molecule has 0 N–H and O–H groups in total. The van der Waals surface area contributed by atoms with Crippen LogP contribution in [0.5, 0.6) is 5.75 Å². The second-order valence-corrected chi connectivity index (χ2v) is 5.42. The normalized spacial score (nSPS) is 13.9. The van der Waals surface area contributed by atoms with E-state index in [-0.39, 0.29) is 11.3 Å². The standard InChI is InChI=1S/C14H17F3O3/c1-13(2,3)12(19-4)11(18)9-6-5-7-10(8-9)20-14(15,16)17/h5-8,12H,1-4H3. The first kappa shape index (κ1) is 16.5. The number of benzene rings is 1. The lowest BCUT2D eigenvalue weighted by molar-refractivity contribution is -0.274. The quantitative estimate of drug-likeness (QED) is 0.791. The number of halogens is 3. The smallest absolute Gasteiger partial charge is 0.406 e. The number of methoxy groups -OCH3 is 1. The van der Waals surface area contributed by atoms with Crippen molar-refractivity contribution in [2.24, 2.45) is 5.41 Å².